The van der Waals surface area contributed by atoms with E-state index in [1.165, 1.54) is 50.5 Å². The topological polar surface area (TPSA) is 0 Å². The van der Waals surface area contributed by atoms with Gasteiger partial charge >= 0.3 is 6.18 Å². The van der Waals surface area contributed by atoms with E-state index in [2.05, 4.69) is 6.92 Å². The second kappa shape index (κ2) is 9.95. The van der Waals surface area contributed by atoms with Crippen LogP contribution in [0.4, 0.5) is 26.3 Å². The second-order valence-corrected chi connectivity index (χ2v) is 11.5. The average molecular weight is 507 g/mol. The van der Waals surface area contributed by atoms with Crippen LogP contribution in [0.2, 0.25) is 0 Å². The Kier molecular flexibility index (Phi) is 7.05. The van der Waals surface area contributed by atoms with Gasteiger partial charge in [0.25, 0.3) is 0 Å². The smallest absolute Gasteiger partial charge is 0.206 e. The molecule has 0 aliphatic heterocycles. The Bertz CT molecular complexity index is 1180. The molecular weight excluding hydrogens is 474 g/mol. The summed E-state index contributed by atoms with van der Waals surface area (Å²) in [6.45, 7) is 2.38. The van der Waals surface area contributed by atoms with Crippen LogP contribution in [0.5, 0.6) is 0 Å². The van der Waals surface area contributed by atoms with E-state index in [9.17, 15) is 26.3 Å². The highest BCUT2D eigenvalue weighted by atomic mass is 19.4. The van der Waals surface area contributed by atoms with Crippen molar-refractivity contribution in [1.82, 2.24) is 0 Å². The Hall–Kier alpha value is -2.16. The second-order valence-electron chi connectivity index (χ2n) is 11.5. The van der Waals surface area contributed by atoms with Crippen LogP contribution >= 0.6 is 0 Å². The molecule has 6 heteroatoms. The molecule has 2 aromatic carbocycles. The van der Waals surface area contributed by atoms with Crippen molar-refractivity contribution in [2.45, 2.75) is 83.2 Å². The summed E-state index contributed by atoms with van der Waals surface area (Å²) in [5.41, 5.74) is -0.356. The van der Waals surface area contributed by atoms with Gasteiger partial charge in [0.05, 0.1) is 10.9 Å². The molecule has 0 nitrogen and oxygen atoms in total. The van der Waals surface area contributed by atoms with Crippen molar-refractivity contribution in [3.63, 3.8) is 0 Å². The van der Waals surface area contributed by atoms with E-state index < -0.39 is 34.6 Å². The first-order chi connectivity index (χ1) is 17.1. The van der Waals surface area contributed by atoms with Crippen molar-refractivity contribution in [3.8, 4) is 11.8 Å². The summed E-state index contributed by atoms with van der Waals surface area (Å²) in [5, 5.41) is -0.497. The fourth-order valence-electron chi connectivity index (χ4n) is 7.43. The molecular formula is C30H32F6. The lowest BCUT2D eigenvalue weighted by atomic mass is 9.61. The maximum absolute atomic E-state index is 15.0. The standard InChI is InChI=1S/C30H32F6/c1-17-2-3-22-13-21(9-8-20(22)12-17)18-4-6-19(7-5-18)23-14-24-16-26(31)25(10-11-30(34,35)36)29(33)28(24)27(32)15-23/h14-22H,2-9,12-13H2,1H3. The van der Waals surface area contributed by atoms with E-state index in [0.29, 0.717) is 11.5 Å². The monoisotopic (exact) mass is 506 g/mol. The van der Waals surface area contributed by atoms with Crippen molar-refractivity contribution in [1.29, 1.82) is 0 Å². The van der Waals surface area contributed by atoms with Crippen LogP contribution in [0.3, 0.4) is 0 Å². The Morgan fingerprint density at radius 2 is 1.33 bits per heavy atom. The molecule has 0 amide bonds. The van der Waals surface area contributed by atoms with E-state index in [0.717, 1.165) is 61.3 Å². The summed E-state index contributed by atoms with van der Waals surface area (Å²) < 4.78 is 81.4. The Morgan fingerprint density at radius 1 is 0.722 bits per heavy atom. The van der Waals surface area contributed by atoms with E-state index in [1.54, 1.807) is 6.07 Å². The van der Waals surface area contributed by atoms with Gasteiger partial charge in [0.2, 0.25) is 0 Å². The zero-order valence-electron chi connectivity index (χ0n) is 20.5. The van der Waals surface area contributed by atoms with Gasteiger partial charge in [-0.2, -0.15) is 13.2 Å². The number of benzene rings is 2. The minimum Gasteiger partial charge on any atom is -0.206 e. The number of alkyl halides is 3. The number of rotatable bonds is 2. The highest BCUT2D eigenvalue weighted by molar-refractivity contribution is 5.86. The molecule has 3 saturated carbocycles. The van der Waals surface area contributed by atoms with Gasteiger partial charge in [-0.25, -0.2) is 13.2 Å². The highest BCUT2D eigenvalue weighted by Gasteiger charge is 2.38. The van der Waals surface area contributed by atoms with Crippen molar-refractivity contribution in [2.75, 3.05) is 0 Å². The van der Waals surface area contributed by atoms with Gasteiger partial charge in [0, 0.05) is 5.92 Å². The van der Waals surface area contributed by atoms with Gasteiger partial charge in [0.15, 0.2) is 5.82 Å². The Morgan fingerprint density at radius 3 is 2.03 bits per heavy atom. The van der Waals surface area contributed by atoms with Gasteiger partial charge in [-0.05, 0) is 116 Å². The van der Waals surface area contributed by atoms with Crippen LogP contribution in [-0.2, 0) is 0 Å². The largest absolute Gasteiger partial charge is 0.458 e. The molecule has 0 radical (unpaired) electrons. The molecule has 5 rings (SSSR count). The zero-order valence-corrected chi connectivity index (χ0v) is 20.5. The summed E-state index contributed by atoms with van der Waals surface area (Å²) in [7, 11) is 0. The molecule has 3 fully saturated rings. The number of hydrogen-bond acceptors (Lipinski definition) is 0. The lowest BCUT2D eigenvalue weighted by molar-refractivity contribution is -0.0696. The van der Waals surface area contributed by atoms with Crippen LogP contribution in [-0.4, -0.2) is 6.18 Å². The predicted octanol–water partition coefficient (Wildman–Crippen LogP) is 9.30. The SMILES string of the molecule is CC1CCC2CC(C3CCC(c4cc(F)c5c(F)c(C#CC(F)(F)F)c(F)cc5c4)CC3)CCC2C1. The molecule has 4 unspecified atom stereocenters. The molecule has 0 saturated heterocycles. The lowest BCUT2D eigenvalue weighted by Crippen LogP contribution is -2.34. The van der Waals surface area contributed by atoms with Gasteiger partial charge in [-0.15, -0.1) is 0 Å². The molecule has 3 aliphatic carbocycles. The van der Waals surface area contributed by atoms with Crippen LogP contribution in [0.1, 0.15) is 88.2 Å². The molecule has 4 atom stereocenters. The van der Waals surface area contributed by atoms with E-state index in [1.807, 2.05) is 0 Å². The predicted molar refractivity (Wildman–Crippen MR) is 129 cm³/mol. The van der Waals surface area contributed by atoms with Gasteiger partial charge in [-0.1, -0.05) is 25.3 Å². The maximum atomic E-state index is 15.0. The molecule has 0 N–H and O–H groups in total. The number of hydrogen-bond donors (Lipinski definition) is 0. The molecule has 0 aromatic heterocycles. The average Bonchev–Trinajstić information content (AvgIpc) is 2.82. The molecule has 194 valence electrons. The van der Waals surface area contributed by atoms with Crippen LogP contribution in [0.15, 0.2) is 18.2 Å². The van der Waals surface area contributed by atoms with Crippen molar-refractivity contribution in [2.24, 2.45) is 29.6 Å². The first-order valence-electron chi connectivity index (χ1n) is 13.3. The zero-order chi connectivity index (χ0) is 25.6. The number of fused-ring (bicyclic) bond motifs is 2. The molecule has 0 heterocycles. The van der Waals surface area contributed by atoms with Crippen LogP contribution in [0, 0.1) is 58.9 Å². The van der Waals surface area contributed by atoms with E-state index in [-0.39, 0.29) is 11.3 Å². The van der Waals surface area contributed by atoms with Crippen molar-refractivity contribution in [3.05, 3.63) is 46.8 Å². The van der Waals surface area contributed by atoms with Gasteiger partial charge < -0.3 is 0 Å². The third kappa shape index (κ3) is 5.27. The quantitative estimate of drug-likeness (QED) is 0.281. The summed E-state index contributed by atoms with van der Waals surface area (Å²) in [6, 6.07) is 3.75. The summed E-state index contributed by atoms with van der Waals surface area (Å²) in [6.07, 6.45) is 7.20. The van der Waals surface area contributed by atoms with E-state index >= 15 is 0 Å². The molecule has 0 bridgehead atoms. The minimum atomic E-state index is -4.90. The summed E-state index contributed by atoms with van der Waals surface area (Å²) >= 11 is 0. The van der Waals surface area contributed by atoms with Crippen molar-refractivity contribution >= 4 is 10.8 Å². The van der Waals surface area contributed by atoms with Crippen LogP contribution in [0.25, 0.3) is 10.8 Å². The first kappa shape index (κ1) is 25.5. The molecule has 36 heavy (non-hydrogen) atoms. The molecule has 3 aliphatic rings. The fraction of sp³-hybridized carbons (Fsp3) is 0.600. The maximum Gasteiger partial charge on any atom is 0.458 e. The first-order valence-corrected chi connectivity index (χ1v) is 13.3. The lowest BCUT2D eigenvalue weighted by Gasteiger charge is -2.45. The minimum absolute atomic E-state index is 0.0181. The normalized spacial score (nSPS) is 31.0. The van der Waals surface area contributed by atoms with Crippen LogP contribution < -0.4 is 0 Å². The van der Waals surface area contributed by atoms with Crippen molar-refractivity contribution < 1.29 is 26.3 Å². The fourth-order valence-corrected chi connectivity index (χ4v) is 7.43. The van der Waals surface area contributed by atoms with Gasteiger partial charge in [0.1, 0.15) is 11.6 Å². The third-order valence-corrected chi connectivity index (χ3v) is 9.26. The highest BCUT2D eigenvalue weighted by Crippen LogP contribution is 2.50. The molecule has 0 spiro atoms. The third-order valence-electron chi connectivity index (χ3n) is 9.26. The van der Waals surface area contributed by atoms with E-state index in [4.69, 9.17) is 0 Å². The Labute approximate surface area is 208 Å². The summed E-state index contributed by atoms with van der Waals surface area (Å²) in [5.74, 6) is 3.08. The molecule has 2 aromatic rings. The Balaban J connectivity index is 1.29. The van der Waals surface area contributed by atoms with Gasteiger partial charge in [-0.3, -0.25) is 0 Å². The number of halogens is 6. The summed E-state index contributed by atoms with van der Waals surface area (Å²) in [4.78, 5) is 0.